The van der Waals surface area contributed by atoms with Crippen molar-refractivity contribution in [1.82, 2.24) is 0 Å². The lowest BCUT2D eigenvalue weighted by Crippen LogP contribution is -2.47. The van der Waals surface area contributed by atoms with Crippen LogP contribution in [0.3, 0.4) is 0 Å². The average molecular weight is 311 g/mol. The summed E-state index contributed by atoms with van der Waals surface area (Å²) in [6.07, 6.45) is 8.36. The first-order valence-corrected chi connectivity index (χ1v) is 9.14. The summed E-state index contributed by atoms with van der Waals surface area (Å²) in [6.45, 7) is 2.33. The van der Waals surface area contributed by atoms with Crippen molar-refractivity contribution in [2.24, 2.45) is 29.1 Å². The Balaban J connectivity index is 1.64. The molecule has 3 saturated carbocycles. The fourth-order valence-electron chi connectivity index (χ4n) is 6.33. The Kier molecular flexibility index (Phi) is 3.44. The van der Waals surface area contributed by atoms with E-state index in [1.54, 1.807) is 0 Å². The molecule has 0 saturated heterocycles. The lowest BCUT2D eigenvalue weighted by Gasteiger charge is -2.53. The highest BCUT2D eigenvalue weighted by Crippen LogP contribution is 2.62. The van der Waals surface area contributed by atoms with Gasteiger partial charge in [0.2, 0.25) is 0 Å². The van der Waals surface area contributed by atoms with Crippen molar-refractivity contribution in [3.05, 3.63) is 10.6 Å². The maximum atomic E-state index is 10.4. The van der Waals surface area contributed by atoms with Gasteiger partial charge in [-0.15, -0.1) is 0 Å². The third-order valence-electron chi connectivity index (χ3n) is 7.50. The van der Waals surface area contributed by atoms with Crippen LogP contribution in [-0.4, -0.2) is 22.4 Å². The van der Waals surface area contributed by atoms with Gasteiger partial charge in [-0.3, -0.25) is 0 Å². The summed E-state index contributed by atoms with van der Waals surface area (Å²) in [4.78, 5) is 0. The van der Waals surface area contributed by atoms with Crippen LogP contribution in [0.5, 0.6) is 0 Å². The van der Waals surface area contributed by atoms with E-state index >= 15 is 0 Å². The van der Waals surface area contributed by atoms with Crippen LogP contribution in [0.2, 0.25) is 0 Å². The second-order valence-electron chi connectivity index (χ2n) is 8.18. The highest BCUT2D eigenvalue weighted by molar-refractivity contribution is 6.30. The van der Waals surface area contributed by atoms with Gasteiger partial charge in [0, 0.05) is 5.03 Å². The quantitative estimate of drug-likeness (QED) is 0.713. The molecule has 0 spiro atoms. The van der Waals surface area contributed by atoms with Gasteiger partial charge in [0.1, 0.15) is 0 Å². The molecule has 4 aliphatic carbocycles. The average Bonchev–Trinajstić information content (AvgIpc) is 2.78. The van der Waals surface area contributed by atoms with Gasteiger partial charge in [0.05, 0.1) is 12.2 Å². The van der Waals surface area contributed by atoms with E-state index in [2.05, 4.69) is 6.92 Å². The molecule has 7 atom stereocenters. The minimum Gasteiger partial charge on any atom is -0.393 e. The molecule has 21 heavy (non-hydrogen) atoms. The third kappa shape index (κ3) is 1.98. The molecule has 0 amide bonds. The monoisotopic (exact) mass is 310 g/mol. The SMILES string of the molecule is C[C@]12CC[C@H]3[C@@H](CCC4=C(Cl)C(O)CC[C@@H]43)[C@@H]1CCC2O. The molecule has 3 heteroatoms. The summed E-state index contributed by atoms with van der Waals surface area (Å²) in [5.74, 6) is 2.84. The molecule has 118 valence electrons. The van der Waals surface area contributed by atoms with Crippen LogP contribution in [0.4, 0.5) is 0 Å². The Hall–Kier alpha value is -0.0500. The smallest absolute Gasteiger partial charge is 0.0895 e. The molecule has 0 aromatic rings. The van der Waals surface area contributed by atoms with Gasteiger partial charge in [0.25, 0.3) is 0 Å². The zero-order valence-corrected chi connectivity index (χ0v) is 13.6. The van der Waals surface area contributed by atoms with Crippen molar-refractivity contribution < 1.29 is 10.2 Å². The molecule has 0 bridgehead atoms. The largest absolute Gasteiger partial charge is 0.393 e. The molecule has 4 rings (SSSR count). The fraction of sp³-hybridized carbons (Fsp3) is 0.889. The van der Waals surface area contributed by atoms with Crippen LogP contribution in [-0.2, 0) is 0 Å². The molecule has 0 aromatic carbocycles. The molecule has 0 radical (unpaired) electrons. The standard InChI is InChI=1S/C18H27ClO2/c1-18-9-8-11-10-4-6-15(20)17(19)13(10)3-2-12(11)14(18)5-7-16(18)21/h10-12,14-16,20-21H,2-9H2,1H3/t10-,11-,12-,14+,15?,16?,18+/m1/s1. The Labute approximate surface area is 132 Å². The number of fused-ring (bicyclic) bond motifs is 5. The lowest BCUT2D eigenvalue weighted by atomic mass is 9.52. The molecule has 2 N–H and O–H groups in total. The number of rotatable bonds is 0. The summed E-state index contributed by atoms with van der Waals surface area (Å²) in [6, 6.07) is 0. The zero-order valence-electron chi connectivity index (χ0n) is 12.9. The van der Waals surface area contributed by atoms with Crippen LogP contribution < -0.4 is 0 Å². The van der Waals surface area contributed by atoms with E-state index in [0.717, 1.165) is 42.6 Å². The predicted octanol–water partition coefficient (Wildman–Crippen LogP) is 3.85. The molecule has 0 heterocycles. The number of aliphatic hydroxyl groups is 2. The first kappa shape index (κ1) is 14.5. The highest BCUT2D eigenvalue weighted by atomic mass is 35.5. The van der Waals surface area contributed by atoms with Crippen LogP contribution in [0.15, 0.2) is 10.6 Å². The van der Waals surface area contributed by atoms with Crippen molar-refractivity contribution in [1.29, 1.82) is 0 Å². The van der Waals surface area contributed by atoms with Gasteiger partial charge in [0.15, 0.2) is 0 Å². The van der Waals surface area contributed by atoms with Crippen LogP contribution in [0.25, 0.3) is 0 Å². The summed E-state index contributed by atoms with van der Waals surface area (Å²) in [5.41, 5.74) is 1.54. The van der Waals surface area contributed by atoms with Gasteiger partial charge in [-0.25, -0.2) is 0 Å². The summed E-state index contributed by atoms with van der Waals surface area (Å²) >= 11 is 6.42. The van der Waals surface area contributed by atoms with Gasteiger partial charge in [-0.2, -0.15) is 0 Å². The fourth-order valence-corrected chi connectivity index (χ4v) is 6.68. The van der Waals surface area contributed by atoms with Gasteiger partial charge in [-0.1, -0.05) is 18.5 Å². The Bertz CT molecular complexity index is 474. The van der Waals surface area contributed by atoms with Gasteiger partial charge >= 0.3 is 0 Å². The number of allylic oxidation sites excluding steroid dienone is 1. The number of aliphatic hydroxyl groups excluding tert-OH is 2. The summed E-state index contributed by atoms with van der Waals surface area (Å²) < 4.78 is 0. The van der Waals surface area contributed by atoms with E-state index < -0.39 is 6.10 Å². The number of hydrogen-bond donors (Lipinski definition) is 2. The molecule has 2 unspecified atom stereocenters. The zero-order chi connectivity index (χ0) is 14.8. The molecular formula is C18H27ClO2. The molecule has 0 aliphatic heterocycles. The molecular weight excluding hydrogens is 284 g/mol. The van der Waals surface area contributed by atoms with Crippen molar-refractivity contribution in [3.8, 4) is 0 Å². The van der Waals surface area contributed by atoms with Crippen LogP contribution in [0.1, 0.15) is 58.3 Å². The maximum Gasteiger partial charge on any atom is 0.0895 e. The van der Waals surface area contributed by atoms with E-state index in [-0.39, 0.29) is 11.5 Å². The van der Waals surface area contributed by atoms with Crippen molar-refractivity contribution >= 4 is 11.6 Å². The molecule has 4 aliphatic rings. The minimum absolute atomic E-state index is 0.0860. The van der Waals surface area contributed by atoms with Crippen molar-refractivity contribution in [3.63, 3.8) is 0 Å². The second-order valence-corrected chi connectivity index (χ2v) is 8.59. The van der Waals surface area contributed by atoms with Crippen LogP contribution >= 0.6 is 11.6 Å². The predicted molar refractivity (Wildman–Crippen MR) is 83.9 cm³/mol. The van der Waals surface area contributed by atoms with Gasteiger partial charge < -0.3 is 10.2 Å². The van der Waals surface area contributed by atoms with Gasteiger partial charge in [-0.05, 0) is 86.0 Å². The maximum absolute atomic E-state index is 10.4. The van der Waals surface area contributed by atoms with E-state index in [1.165, 1.54) is 31.3 Å². The van der Waals surface area contributed by atoms with E-state index in [0.29, 0.717) is 11.8 Å². The lowest BCUT2D eigenvalue weighted by molar-refractivity contribution is -0.0550. The Morgan fingerprint density at radius 3 is 2.62 bits per heavy atom. The molecule has 3 fully saturated rings. The highest BCUT2D eigenvalue weighted by Gasteiger charge is 2.56. The summed E-state index contributed by atoms with van der Waals surface area (Å²) in [5, 5.41) is 21.2. The van der Waals surface area contributed by atoms with Crippen molar-refractivity contribution in [2.45, 2.75) is 70.5 Å². The van der Waals surface area contributed by atoms with Crippen molar-refractivity contribution in [2.75, 3.05) is 0 Å². The van der Waals surface area contributed by atoms with Crippen LogP contribution in [0, 0.1) is 29.1 Å². The van der Waals surface area contributed by atoms with E-state index in [9.17, 15) is 10.2 Å². The Morgan fingerprint density at radius 1 is 1.00 bits per heavy atom. The van der Waals surface area contributed by atoms with E-state index in [1.807, 2.05) is 0 Å². The topological polar surface area (TPSA) is 40.5 Å². The number of halogens is 1. The summed E-state index contributed by atoms with van der Waals surface area (Å²) in [7, 11) is 0. The third-order valence-corrected chi connectivity index (χ3v) is 8.00. The Morgan fingerprint density at radius 2 is 1.81 bits per heavy atom. The number of hydrogen-bond acceptors (Lipinski definition) is 2. The molecule has 0 aromatic heterocycles. The first-order chi connectivity index (χ1) is 10.0. The normalized spacial score (nSPS) is 53.1. The first-order valence-electron chi connectivity index (χ1n) is 8.77. The van der Waals surface area contributed by atoms with E-state index in [4.69, 9.17) is 11.6 Å². The second kappa shape index (κ2) is 4.97. The minimum atomic E-state index is -0.406. The molecule has 2 nitrogen and oxygen atoms in total.